The molecule has 3 aromatic carbocycles. The van der Waals surface area contributed by atoms with Crippen molar-refractivity contribution in [3.8, 4) is 0 Å². The minimum Gasteiger partial charge on any atom is -0.347 e. The van der Waals surface area contributed by atoms with Crippen molar-refractivity contribution in [2.45, 2.75) is 6.42 Å². The molecule has 0 heterocycles. The second-order valence-electron chi connectivity index (χ2n) is 5.62. The van der Waals surface area contributed by atoms with Crippen LogP contribution in [0.15, 0.2) is 71.2 Å². The maximum absolute atomic E-state index is 12.2. The number of carbonyl (C=O) groups excluding carboxylic acids is 2. The molecule has 0 fully saturated rings. The van der Waals surface area contributed by atoms with E-state index in [1.165, 1.54) is 0 Å². The fraction of sp³-hybridized carbons (Fsp3) is 0.100. The number of benzene rings is 3. The summed E-state index contributed by atoms with van der Waals surface area (Å²) in [6, 6.07) is 21.2. The van der Waals surface area contributed by atoms with Crippen molar-refractivity contribution in [3.63, 3.8) is 0 Å². The summed E-state index contributed by atoms with van der Waals surface area (Å²) < 4.78 is 0.797. The van der Waals surface area contributed by atoms with Gasteiger partial charge in [0.1, 0.15) is 0 Å². The van der Waals surface area contributed by atoms with Crippen LogP contribution in [0.2, 0.25) is 0 Å². The summed E-state index contributed by atoms with van der Waals surface area (Å²) >= 11 is 3.37. The van der Waals surface area contributed by atoms with Crippen molar-refractivity contribution in [1.82, 2.24) is 5.32 Å². The van der Waals surface area contributed by atoms with Gasteiger partial charge in [0, 0.05) is 4.47 Å². The van der Waals surface area contributed by atoms with Crippen LogP contribution in [0.1, 0.15) is 5.56 Å². The Morgan fingerprint density at radius 1 is 0.840 bits per heavy atom. The zero-order chi connectivity index (χ0) is 17.6. The molecule has 0 aliphatic rings. The van der Waals surface area contributed by atoms with E-state index in [9.17, 15) is 9.59 Å². The smallest absolute Gasteiger partial charge is 0.243 e. The highest BCUT2D eigenvalue weighted by atomic mass is 79.9. The molecule has 2 amide bonds. The molecule has 0 aliphatic carbocycles. The first-order valence-electron chi connectivity index (χ1n) is 7.91. The van der Waals surface area contributed by atoms with E-state index in [0.717, 1.165) is 20.8 Å². The molecule has 0 bridgehead atoms. The number of rotatable bonds is 5. The lowest BCUT2D eigenvalue weighted by molar-refractivity contribution is -0.123. The van der Waals surface area contributed by atoms with Crippen LogP contribution in [0.3, 0.4) is 0 Å². The van der Waals surface area contributed by atoms with Crippen molar-refractivity contribution >= 4 is 44.2 Å². The van der Waals surface area contributed by atoms with Crippen LogP contribution in [0, 0.1) is 0 Å². The molecular formula is C20H17BrN2O2. The first-order chi connectivity index (χ1) is 12.1. The second kappa shape index (κ2) is 7.94. The van der Waals surface area contributed by atoms with Gasteiger partial charge in [0.05, 0.1) is 18.7 Å². The van der Waals surface area contributed by atoms with Gasteiger partial charge in [-0.3, -0.25) is 9.59 Å². The minimum absolute atomic E-state index is 0.0645. The molecule has 0 atom stereocenters. The fourth-order valence-electron chi connectivity index (χ4n) is 2.62. The van der Waals surface area contributed by atoms with Crippen molar-refractivity contribution < 1.29 is 9.59 Å². The monoisotopic (exact) mass is 396 g/mol. The van der Waals surface area contributed by atoms with Crippen LogP contribution >= 0.6 is 15.9 Å². The van der Waals surface area contributed by atoms with E-state index in [4.69, 9.17) is 0 Å². The molecule has 2 N–H and O–H groups in total. The Labute approximate surface area is 154 Å². The lowest BCUT2D eigenvalue weighted by atomic mass is 10.0. The summed E-state index contributed by atoms with van der Waals surface area (Å²) in [6.07, 6.45) is 0.240. The van der Waals surface area contributed by atoms with Gasteiger partial charge in [-0.2, -0.15) is 0 Å². The topological polar surface area (TPSA) is 58.2 Å². The SMILES string of the molecule is O=C(Cc1cccc2ccccc12)NCC(=O)Nc1ccccc1Br. The van der Waals surface area contributed by atoms with Crippen molar-refractivity contribution in [2.24, 2.45) is 0 Å². The number of hydrogen-bond donors (Lipinski definition) is 2. The Morgan fingerprint density at radius 3 is 2.40 bits per heavy atom. The van der Waals surface area contributed by atoms with Gasteiger partial charge >= 0.3 is 0 Å². The van der Waals surface area contributed by atoms with E-state index in [1.807, 2.05) is 60.7 Å². The van der Waals surface area contributed by atoms with E-state index >= 15 is 0 Å². The first kappa shape index (κ1) is 17.2. The predicted octanol–water partition coefficient (Wildman–Crippen LogP) is 3.90. The Bertz CT molecular complexity index is 919. The third-order valence-corrected chi connectivity index (χ3v) is 4.52. The highest BCUT2D eigenvalue weighted by molar-refractivity contribution is 9.10. The van der Waals surface area contributed by atoms with Gasteiger partial charge in [-0.25, -0.2) is 0 Å². The van der Waals surface area contributed by atoms with Gasteiger partial charge in [-0.05, 0) is 44.4 Å². The summed E-state index contributed by atoms with van der Waals surface area (Å²) in [6.45, 7) is -0.0645. The molecule has 0 unspecified atom stereocenters. The number of amides is 2. The van der Waals surface area contributed by atoms with E-state index in [1.54, 1.807) is 6.07 Å². The standard InChI is InChI=1S/C20H17BrN2O2/c21-17-10-3-4-11-18(17)23-20(25)13-22-19(24)12-15-8-5-7-14-6-1-2-9-16(14)15/h1-11H,12-13H2,(H,22,24)(H,23,25). The molecule has 0 saturated heterocycles. The van der Waals surface area contributed by atoms with Crippen LogP contribution in [0.5, 0.6) is 0 Å². The zero-order valence-corrected chi connectivity index (χ0v) is 15.0. The Hall–Kier alpha value is -2.66. The molecule has 5 heteroatoms. The molecule has 0 radical (unpaired) electrons. The van der Waals surface area contributed by atoms with Crippen molar-refractivity contribution in [2.75, 3.05) is 11.9 Å². The summed E-state index contributed by atoms with van der Waals surface area (Å²) in [5, 5.41) is 7.58. The number of nitrogens with one attached hydrogen (secondary N) is 2. The van der Waals surface area contributed by atoms with Gasteiger partial charge in [0.25, 0.3) is 0 Å². The number of carbonyl (C=O) groups is 2. The number of fused-ring (bicyclic) bond motifs is 1. The lowest BCUT2D eigenvalue weighted by Crippen LogP contribution is -2.33. The molecule has 3 rings (SSSR count). The largest absolute Gasteiger partial charge is 0.347 e. The molecule has 0 aliphatic heterocycles. The summed E-state index contributed by atoms with van der Waals surface area (Å²) in [7, 11) is 0. The van der Waals surface area contributed by atoms with Gasteiger partial charge in [0.15, 0.2) is 0 Å². The lowest BCUT2D eigenvalue weighted by Gasteiger charge is -2.09. The van der Waals surface area contributed by atoms with E-state index in [0.29, 0.717) is 5.69 Å². The van der Waals surface area contributed by atoms with Gasteiger partial charge in [0.2, 0.25) is 11.8 Å². The zero-order valence-electron chi connectivity index (χ0n) is 13.5. The van der Waals surface area contributed by atoms with Gasteiger partial charge < -0.3 is 10.6 Å². The minimum atomic E-state index is -0.266. The highest BCUT2D eigenvalue weighted by Gasteiger charge is 2.09. The number of hydrogen-bond acceptors (Lipinski definition) is 2. The van der Waals surface area contributed by atoms with Crippen LogP contribution in [0.25, 0.3) is 10.8 Å². The predicted molar refractivity (Wildman–Crippen MR) is 103 cm³/mol. The van der Waals surface area contributed by atoms with E-state index < -0.39 is 0 Å². The Morgan fingerprint density at radius 2 is 1.56 bits per heavy atom. The Balaban J connectivity index is 1.57. The molecule has 0 aromatic heterocycles. The van der Waals surface area contributed by atoms with Crippen LogP contribution < -0.4 is 10.6 Å². The third-order valence-electron chi connectivity index (χ3n) is 3.83. The van der Waals surface area contributed by atoms with E-state index in [2.05, 4.69) is 26.6 Å². The maximum atomic E-state index is 12.2. The van der Waals surface area contributed by atoms with E-state index in [-0.39, 0.29) is 24.8 Å². The normalized spacial score (nSPS) is 10.4. The maximum Gasteiger partial charge on any atom is 0.243 e. The fourth-order valence-corrected chi connectivity index (χ4v) is 3.00. The van der Waals surface area contributed by atoms with Gasteiger partial charge in [-0.15, -0.1) is 0 Å². The molecular weight excluding hydrogens is 380 g/mol. The highest BCUT2D eigenvalue weighted by Crippen LogP contribution is 2.21. The van der Waals surface area contributed by atoms with Crippen LogP contribution in [0.4, 0.5) is 5.69 Å². The molecule has 0 saturated carbocycles. The molecule has 25 heavy (non-hydrogen) atoms. The average Bonchev–Trinajstić information content (AvgIpc) is 2.62. The molecule has 0 spiro atoms. The summed E-state index contributed by atoms with van der Waals surface area (Å²) in [5.41, 5.74) is 1.62. The first-order valence-corrected chi connectivity index (χ1v) is 8.70. The van der Waals surface area contributed by atoms with Crippen molar-refractivity contribution in [3.05, 3.63) is 76.8 Å². The third kappa shape index (κ3) is 4.45. The van der Waals surface area contributed by atoms with Crippen LogP contribution in [-0.4, -0.2) is 18.4 Å². The molecule has 126 valence electrons. The molecule has 3 aromatic rings. The Kier molecular flexibility index (Phi) is 5.46. The second-order valence-corrected chi connectivity index (χ2v) is 6.47. The average molecular weight is 397 g/mol. The number of halogens is 1. The molecule has 4 nitrogen and oxygen atoms in total. The summed E-state index contributed by atoms with van der Waals surface area (Å²) in [4.78, 5) is 24.2. The quantitative estimate of drug-likeness (QED) is 0.686. The number of para-hydroxylation sites is 1. The number of anilines is 1. The summed E-state index contributed by atoms with van der Waals surface area (Å²) in [5.74, 6) is -0.447. The van der Waals surface area contributed by atoms with Crippen LogP contribution in [-0.2, 0) is 16.0 Å². The van der Waals surface area contributed by atoms with Crippen molar-refractivity contribution in [1.29, 1.82) is 0 Å². The van der Waals surface area contributed by atoms with Gasteiger partial charge in [-0.1, -0.05) is 54.6 Å².